The lowest BCUT2D eigenvalue weighted by molar-refractivity contribution is -0.152. The first-order chi connectivity index (χ1) is 8.53. The Morgan fingerprint density at radius 2 is 1.78 bits per heavy atom. The van der Waals surface area contributed by atoms with E-state index >= 15 is 0 Å². The number of imide groups is 2. The molecule has 4 amide bonds. The fourth-order valence-electron chi connectivity index (χ4n) is 2.17. The molecule has 1 fully saturated rings. The van der Waals surface area contributed by atoms with Crippen molar-refractivity contribution < 1.29 is 14.4 Å². The van der Waals surface area contributed by atoms with Crippen LogP contribution in [0.3, 0.4) is 0 Å². The summed E-state index contributed by atoms with van der Waals surface area (Å²) in [6.45, 7) is 3.96. The first kappa shape index (κ1) is 15.1. The van der Waals surface area contributed by atoms with Crippen molar-refractivity contribution in [3.05, 3.63) is 0 Å². The van der Waals surface area contributed by atoms with Gasteiger partial charge in [-0.15, -0.1) is 0 Å². The maximum atomic E-state index is 12.4. The SMILES string of the molecule is CCC1(CC)C(=O)NC(=O)N(CCCCBr)C1=O. The largest absolute Gasteiger partial charge is 0.330 e. The van der Waals surface area contributed by atoms with Gasteiger partial charge in [0.25, 0.3) is 0 Å². The summed E-state index contributed by atoms with van der Waals surface area (Å²) in [5, 5.41) is 3.13. The molecule has 102 valence electrons. The van der Waals surface area contributed by atoms with Gasteiger partial charge in [0.05, 0.1) is 0 Å². The maximum absolute atomic E-state index is 12.4. The number of nitrogens with zero attached hydrogens (tertiary/aromatic N) is 1. The Morgan fingerprint density at radius 1 is 1.17 bits per heavy atom. The molecule has 1 saturated heterocycles. The van der Waals surface area contributed by atoms with Crippen LogP contribution in [-0.4, -0.2) is 34.6 Å². The maximum Gasteiger partial charge on any atom is 0.330 e. The molecule has 1 aliphatic rings. The van der Waals surface area contributed by atoms with Crippen molar-refractivity contribution in [2.75, 3.05) is 11.9 Å². The number of halogens is 1. The Balaban J connectivity index is 2.88. The number of hydrogen-bond donors (Lipinski definition) is 1. The topological polar surface area (TPSA) is 66.5 Å². The molecule has 0 aromatic heterocycles. The predicted octanol–water partition coefficient (Wildman–Crippen LogP) is 2.05. The van der Waals surface area contributed by atoms with Crippen LogP contribution < -0.4 is 5.32 Å². The molecule has 1 heterocycles. The van der Waals surface area contributed by atoms with Crippen molar-refractivity contribution in [3.8, 4) is 0 Å². The molecule has 0 bridgehead atoms. The Labute approximate surface area is 115 Å². The van der Waals surface area contributed by atoms with Crippen LogP contribution in [0.15, 0.2) is 0 Å². The summed E-state index contributed by atoms with van der Waals surface area (Å²) in [6.07, 6.45) is 2.45. The van der Waals surface area contributed by atoms with Crippen LogP contribution in [0.1, 0.15) is 39.5 Å². The van der Waals surface area contributed by atoms with Crippen LogP contribution in [0.25, 0.3) is 0 Å². The van der Waals surface area contributed by atoms with Crippen molar-refractivity contribution in [1.82, 2.24) is 10.2 Å². The van der Waals surface area contributed by atoms with Gasteiger partial charge in [0, 0.05) is 11.9 Å². The molecule has 1 aliphatic heterocycles. The Kier molecular flexibility index (Phi) is 5.31. The van der Waals surface area contributed by atoms with E-state index in [0.29, 0.717) is 19.4 Å². The van der Waals surface area contributed by atoms with Gasteiger partial charge >= 0.3 is 6.03 Å². The molecule has 0 saturated carbocycles. The number of nitrogens with one attached hydrogen (secondary N) is 1. The monoisotopic (exact) mass is 318 g/mol. The van der Waals surface area contributed by atoms with Crippen LogP contribution in [-0.2, 0) is 9.59 Å². The fraction of sp³-hybridized carbons (Fsp3) is 0.750. The van der Waals surface area contributed by atoms with E-state index in [2.05, 4.69) is 21.2 Å². The number of alkyl halides is 1. The first-order valence-electron chi connectivity index (χ1n) is 6.26. The molecule has 0 spiro atoms. The van der Waals surface area contributed by atoms with Crippen molar-refractivity contribution in [1.29, 1.82) is 0 Å². The van der Waals surface area contributed by atoms with Crippen molar-refractivity contribution in [3.63, 3.8) is 0 Å². The third kappa shape index (κ3) is 2.58. The quantitative estimate of drug-likeness (QED) is 0.463. The Bertz CT molecular complexity index is 353. The highest BCUT2D eigenvalue weighted by molar-refractivity contribution is 9.09. The lowest BCUT2D eigenvalue weighted by atomic mass is 9.78. The van der Waals surface area contributed by atoms with Crippen LogP contribution in [0, 0.1) is 5.41 Å². The zero-order valence-electron chi connectivity index (χ0n) is 10.8. The summed E-state index contributed by atoms with van der Waals surface area (Å²) in [5.74, 6) is -0.810. The Morgan fingerprint density at radius 3 is 2.28 bits per heavy atom. The summed E-state index contributed by atoms with van der Waals surface area (Å²) in [4.78, 5) is 37.1. The van der Waals surface area contributed by atoms with E-state index in [0.717, 1.165) is 18.2 Å². The predicted molar refractivity (Wildman–Crippen MR) is 71.3 cm³/mol. The van der Waals surface area contributed by atoms with Crippen LogP contribution in [0.5, 0.6) is 0 Å². The second-order valence-corrected chi connectivity index (χ2v) is 5.19. The lowest BCUT2D eigenvalue weighted by Gasteiger charge is -2.38. The molecule has 0 aromatic carbocycles. The lowest BCUT2D eigenvalue weighted by Crippen LogP contribution is -2.63. The molecule has 1 rings (SSSR count). The minimum absolute atomic E-state index is 0.351. The highest BCUT2D eigenvalue weighted by Gasteiger charge is 2.51. The minimum atomic E-state index is -1.07. The highest BCUT2D eigenvalue weighted by Crippen LogP contribution is 2.32. The second-order valence-electron chi connectivity index (χ2n) is 4.40. The van der Waals surface area contributed by atoms with Crippen LogP contribution in [0.2, 0.25) is 0 Å². The molecule has 0 aliphatic carbocycles. The summed E-state index contributed by atoms with van der Waals surface area (Å²) < 4.78 is 0. The zero-order chi connectivity index (χ0) is 13.8. The van der Waals surface area contributed by atoms with Gasteiger partial charge in [-0.05, 0) is 25.7 Å². The van der Waals surface area contributed by atoms with E-state index in [9.17, 15) is 14.4 Å². The molecule has 0 unspecified atom stereocenters. The van der Waals surface area contributed by atoms with Crippen molar-refractivity contribution in [2.24, 2.45) is 5.41 Å². The van der Waals surface area contributed by atoms with Gasteiger partial charge in [0.15, 0.2) is 0 Å². The number of urea groups is 1. The van der Waals surface area contributed by atoms with Crippen LogP contribution in [0.4, 0.5) is 4.79 Å². The molecule has 18 heavy (non-hydrogen) atoms. The second kappa shape index (κ2) is 6.31. The van der Waals surface area contributed by atoms with Gasteiger partial charge in [-0.3, -0.25) is 19.8 Å². The molecule has 0 radical (unpaired) electrons. The summed E-state index contributed by atoms with van der Waals surface area (Å²) >= 11 is 3.31. The van der Waals surface area contributed by atoms with E-state index in [1.165, 1.54) is 4.90 Å². The van der Waals surface area contributed by atoms with Gasteiger partial charge in [0.1, 0.15) is 5.41 Å². The standard InChI is InChI=1S/C12H19BrN2O3/c1-3-12(4-2)9(16)14-11(18)15(10(12)17)8-6-5-7-13/h3-8H2,1-2H3,(H,14,16,18). The molecular weight excluding hydrogens is 300 g/mol. The normalized spacial score (nSPS) is 19.1. The Hall–Kier alpha value is -0.910. The molecule has 1 N–H and O–H groups in total. The molecular formula is C12H19BrN2O3. The average molecular weight is 319 g/mol. The number of unbranched alkanes of at least 4 members (excludes halogenated alkanes) is 1. The van der Waals surface area contributed by atoms with Crippen molar-refractivity contribution in [2.45, 2.75) is 39.5 Å². The van der Waals surface area contributed by atoms with Gasteiger partial charge in [0.2, 0.25) is 11.8 Å². The average Bonchev–Trinajstić information content (AvgIpc) is 2.35. The van der Waals surface area contributed by atoms with E-state index in [1.54, 1.807) is 13.8 Å². The van der Waals surface area contributed by atoms with Crippen molar-refractivity contribution >= 4 is 33.8 Å². The summed E-state index contributed by atoms with van der Waals surface area (Å²) in [6, 6.07) is -0.586. The summed E-state index contributed by atoms with van der Waals surface area (Å²) in [7, 11) is 0. The first-order valence-corrected chi connectivity index (χ1v) is 7.39. The number of hydrogen-bond acceptors (Lipinski definition) is 3. The number of amides is 4. The van der Waals surface area contributed by atoms with E-state index in [-0.39, 0.29) is 5.91 Å². The molecule has 0 atom stereocenters. The number of barbiturate groups is 1. The van der Waals surface area contributed by atoms with Gasteiger partial charge in [-0.2, -0.15) is 0 Å². The molecule has 6 heteroatoms. The zero-order valence-corrected chi connectivity index (χ0v) is 12.4. The third-order valence-corrected chi connectivity index (χ3v) is 4.09. The van der Waals surface area contributed by atoms with Gasteiger partial charge in [-0.25, -0.2) is 4.79 Å². The van der Waals surface area contributed by atoms with Crippen LogP contribution >= 0.6 is 15.9 Å². The smallest absolute Gasteiger partial charge is 0.277 e. The summed E-state index contributed by atoms with van der Waals surface area (Å²) in [5.41, 5.74) is -1.07. The molecule has 5 nitrogen and oxygen atoms in total. The minimum Gasteiger partial charge on any atom is -0.277 e. The van der Waals surface area contributed by atoms with Gasteiger partial charge < -0.3 is 0 Å². The number of carbonyl (C=O) groups excluding carboxylic acids is 3. The van der Waals surface area contributed by atoms with E-state index in [4.69, 9.17) is 0 Å². The number of rotatable bonds is 6. The molecule has 0 aromatic rings. The number of carbonyl (C=O) groups is 3. The highest BCUT2D eigenvalue weighted by atomic mass is 79.9. The van der Waals surface area contributed by atoms with E-state index in [1.807, 2.05) is 0 Å². The third-order valence-electron chi connectivity index (χ3n) is 3.53. The van der Waals surface area contributed by atoms with Gasteiger partial charge in [-0.1, -0.05) is 29.8 Å². The van der Waals surface area contributed by atoms with E-state index < -0.39 is 17.4 Å². The fourth-order valence-corrected chi connectivity index (χ4v) is 2.57.